The zero-order chi connectivity index (χ0) is 26.6. The van der Waals surface area contributed by atoms with Crippen LogP contribution in [0.1, 0.15) is 28.1 Å². The number of amides is 1. The van der Waals surface area contributed by atoms with E-state index in [9.17, 15) is 13.2 Å². The van der Waals surface area contributed by atoms with Gasteiger partial charge in [0.15, 0.2) is 0 Å². The molecule has 1 heterocycles. The largest absolute Gasteiger partial charge is 0.318 e. The molecule has 0 fully saturated rings. The Balaban J connectivity index is 1.53. The number of para-hydroxylation sites is 1. The van der Waals surface area contributed by atoms with Crippen LogP contribution in [0.3, 0.4) is 0 Å². The van der Waals surface area contributed by atoms with Gasteiger partial charge in [0.25, 0.3) is 15.9 Å². The Bertz CT molecular complexity index is 1540. The van der Waals surface area contributed by atoms with Crippen molar-refractivity contribution in [1.29, 1.82) is 0 Å². The minimum atomic E-state index is -3.97. The fourth-order valence-corrected chi connectivity index (χ4v) is 5.59. The van der Waals surface area contributed by atoms with Gasteiger partial charge in [-0.3, -0.25) is 9.10 Å². The Hall–Kier alpha value is -4.17. The van der Waals surface area contributed by atoms with Crippen LogP contribution in [0.15, 0.2) is 94.9 Å². The summed E-state index contributed by atoms with van der Waals surface area (Å²) in [6, 6.07) is 25.3. The van der Waals surface area contributed by atoms with Crippen LogP contribution in [-0.2, 0) is 14.8 Å². The Kier molecular flexibility index (Phi) is 7.59. The third-order valence-electron chi connectivity index (χ3n) is 6.06. The molecule has 37 heavy (non-hydrogen) atoms. The van der Waals surface area contributed by atoms with Crippen molar-refractivity contribution < 1.29 is 13.2 Å². The maximum absolute atomic E-state index is 13.4. The van der Waals surface area contributed by atoms with Gasteiger partial charge in [0.1, 0.15) is 6.54 Å². The van der Waals surface area contributed by atoms with E-state index in [0.717, 1.165) is 38.1 Å². The van der Waals surface area contributed by atoms with Crippen LogP contribution >= 0.6 is 0 Å². The van der Waals surface area contributed by atoms with E-state index < -0.39 is 22.5 Å². The van der Waals surface area contributed by atoms with E-state index in [1.807, 2.05) is 52.0 Å². The molecule has 0 aliphatic heterocycles. The number of sulfonamides is 1. The Morgan fingerprint density at radius 1 is 0.892 bits per heavy atom. The molecule has 1 N–H and O–H groups in total. The van der Waals surface area contributed by atoms with Crippen molar-refractivity contribution in [3.8, 4) is 5.69 Å². The molecular weight excluding hydrogens is 484 g/mol. The van der Waals surface area contributed by atoms with Crippen molar-refractivity contribution in [1.82, 2.24) is 9.99 Å². The zero-order valence-corrected chi connectivity index (χ0v) is 22.2. The molecule has 0 unspecified atom stereocenters. The molecule has 4 rings (SSSR count). The molecule has 0 radical (unpaired) electrons. The summed E-state index contributed by atoms with van der Waals surface area (Å²) in [5, 5.41) is 4.12. The van der Waals surface area contributed by atoms with E-state index in [1.165, 1.54) is 0 Å². The molecule has 0 atom stereocenters. The molecule has 0 aliphatic rings. The quantitative estimate of drug-likeness (QED) is 0.264. The molecule has 0 bridgehead atoms. The van der Waals surface area contributed by atoms with Gasteiger partial charge in [-0.05, 0) is 75.7 Å². The fraction of sp³-hybridized carbons (Fsp3) is 0.172. The lowest BCUT2D eigenvalue weighted by Gasteiger charge is -2.23. The van der Waals surface area contributed by atoms with Crippen LogP contribution in [0.25, 0.3) is 5.69 Å². The third-order valence-corrected chi connectivity index (χ3v) is 7.85. The summed E-state index contributed by atoms with van der Waals surface area (Å²) < 4.78 is 30.1. The fourth-order valence-electron chi connectivity index (χ4n) is 4.17. The van der Waals surface area contributed by atoms with Crippen LogP contribution in [0.4, 0.5) is 5.69 Å². The van der Waals surface area contributed by atoms with Crippen LogP contribution in [0.2, 0.25) is 0 Å². The lowest BCUT2D eigenvalue weighted by Crippen LogP contribution is -2.39. The average molecular weight is 515 g/mol. The summed E-state index contributed by atoms with van der Waals surface area (Å²) in [6.07, 6.45) is 1.58. The number of rotatable bonds is 8. The van der Waals surface area contributed by atoms with Crippen molar-refractivity contribution >= 4 is 27.8 Å². The maximum Gasteiger partial charge on any atom is 0.264 e. The van der Waals surface area contributed by atoms with Crippen molar-refractivity contribution in [3.63, 3.8) is 0 Å². The number of nitrogens with one attached hydrogen (secondary N) is 1. The number of carbonyl (C=O) groups excluding carboxylic acids is 1. The summed E-state index contributed by atoms with van der Waals surface area (Å²) in [6.45, 7) is 7.52. The first kappa shape index (κ1) is 25.9. The van der Waals surface area contributed by atoms with E-state index in [4.69, 9.17) is 0 Å². The lowest BCUT2D eigenvalue weighted by molar-refractivity contribution is -0.119. The Labute approximate surface area is 218 Å². The van der Waals surface area contributed by atoms with Gasteiger partial charge >= 0.3 is 0 Å². The highest BCUT2D eigenvalue weighted by molar-refractivity contribution is 7.92. The number of hydrogen-bond acceptors (Lipinski definition) is 4. The number of hydrogen-bond donors (Lipinski definition) is 1. The summed E-state index contributed by atoms with van der Waals surface area (Å²) in [5.41, 5.74) is 8.91. The predicted octanol–water partition coefficient (Wildman–Crippen LogP) is 5.06. The molecule has 4 aromatic rings. The summed E-state index contributed by atoms with van der Waals surface area (Å²) in [7, 11) is -3.97. The first-order chi connectivity index (χ1) is 17.7. The van der Waals surface area contributed by atoms with Gasteiger partial charge in [-0.1, -0.05) is 48.0 Å². The summed E-state index contributed by atoms with van der Waals surface area (Å²) >= 11 is 0. The highest BCUT2D eigenvalue weighted by atomic mass is 32.2. The second-order valence-electron chi connectivity index (χ2n) is 8.95. The van der Waals surface area contributed by atoms with Crippen molar-refractivity contribution in [2.24, 2.45) is 5.10 Å². The third kappa shape index (κ3) is 5.81. The van der Waals surface area contributed by atoms with Gasteiger partial charge in [-0.2, -0.15) is 5.10 Å². The molecule has 0 spiro atoms. The van der Waals surface area contributed by atoms with Crippen molar-refractivity contribution in [2.45, 2.75) is 32.6 Å². The normalized spacial score (nSPS) is 11.6. The van der Waals surface area contributed by atoms with Gasteiger partial charge in [0, 0.05) is 22.6 Å². The minimum Gasteiger partial charge on any atom is -0.318 e. The Morgan fingerprint density at radius 2 is 1.59 bits per heavy atom. The molecule has 7 nitrogen and oxygen atoms in total. The predicted molar refractivity (Wildman–Crippen MR) is 148 cm³/mol. The van der Waals surface area contributed by atoms with Gasteiger partial charge in [0.05, 0.1) is 16.8 Å². The van der Waals surface area contributed by atoms with E-state index in [-0.39, 0.29) is 4.90 Å². The van der Waals surface area contributed by atoms with E-state index >= 15 is 0 Å². The van der Waals surface area contributed by atoms with E-state index in [2.05, 4.69) is 21.2 Å². The van der Waals surface area contributed by atoms with Gasteiger partial charge in [-0.15, -0.1) is 0 Å². The van der Waals surface area contributed by atoms with E-state index in [0.29, 0.717) is 5.69 Å². The molecule has 1 aromatic heterocycles. The molecular formula is C29H30N4O3S. The second-order valence-corrected chi connectivity index (χ2v) is 10.8. The molecule has 1 amide bonds. The van der Waals surface area contributed by atoms with Crippen LogP contribution in [0.5, 0.6) is 0 Å². The van der Waals surface area contributed by atoms with Crippen LogP contribution < -0.4 is 9.73 Å². The Morgan fingerprint density at radius 3 is 2.27 bits per heavy atom. The maximum atomic E-state index is 13.4. The highest BCUT2D eigenvalue weighted by Crippen LogP contribution is 2.24. The smallest absolute Gasteiger partial charge is 0.264 e. The van der Waals surface area contributed by atoms with Gasteiger partial charge in [-0.25, -0.2) is 13.8 Å². The molecule has 190 valence electrons. The number of benzene rings is 3. The molecule has 0 aliphatic carbocycles. The second kappa shape index (κ2) is 10.8. The number of carbonyl (C=O) groups is 1. The van der Waals surface area contributed by atoms with Crippen LogP contribution in [0, 0.1) is 27.7 Å². The number of aryl methyl sites for hydroxylation is 3. The zero-order valence-electron chi connectivity index (χ0n) is 21.3. The molecule has 0 saturated carbocycles. The first-order valence-corrected chi connectivity index (χ1v) is 13.3. The van der Waals surface area contributed by atoms with Crippen LogP contribution in [-0.4, -0.2) is 31.7 Å². The number of nitrogens with zero attached hydrogens (tertiary/aromatic N) is 3. The van der Waals surface area contributed by atoms with E-state index in [1.54, 1.807) is 60.8 Å². The monoisotopic (exact) mass is 514 g/mol. The molecule has 8 heteroatoms. The standard InChI is InChI=1S/C29H30N4O3S/c1-21-13-15-28(16-14-21)37(35,36)32(26-10-6-5-7-11-26)20-29(34)31-30-19-25-18-23(3)33(24(25)4)27-12-8-9-22(2)17-27/h5-19H,20H2,1-4H3,(H,31,34)/b30-19-. The highest BCUT2D eigenvalue weighted by Gasteiger charge is 2.27. The summed E-state index contributed by atoms with van der Waals surface area (Å²) in [4.78, 5) is 12.9. The lowest BCUT2D eigenvalue weighted by atomic mass is 10.2. The average Bonchev–Trinajstić information content (AvgIpc) is 3.16. The van der Waals surface area contributed by atoms with Gasteiger partial charge in [0.2, 0.25) is 0 Å². The minimum absolute atomic E-state index is 0.113. The summed E-state index contributed by atoms with van der Waals surface area (Å²) in [5.74, 6) is -0.553. The number of aromatic nitrogens is 1. The number of anilines is 1. The molecule has 3 aromatic carbocycles. The topological polar surface area (TPSA) is 83.8 Å². The SMILES string of the molecule is Cc1ccc(S(=O)(=O)N(CC(=O)N/N=C\c2cc(C)n(-c3cccc(C)c3)c2C)c2ccccc2)cc1. The van der Waals surface area contributed by atoms with Crippen molar-refractivity contribution in [2.75, 3.05) is 10.8 Å². The van der Waals surface area contributed by atoms with Crippen molar-refractivity contribution in [3.05, 3.63) is 113 Å². The molecule has 0 saturated heterocycles. The first-order valence-electron chi connectivity index (χ1n) is 11.9. The number of hydrazone groups is 1. The van der Waals surface area contributed by atoms with Gasteiger partial charge < -0.3 is 4.57 Å².